The van der Waals surface area contributed by atoms with Crippen LogP contribution in [0.15, 0.2) is 21.5 Å². The van der Waals surface area contributed by atoms with Crippen LogP contribution in [-0.4, -0.2) is 30.9 Å². The van der Waals surface area contributed by atoms with Gasteiger partial charge in [0.1, 0.15) is 0 Å². The average Bonchev–Trinajstić information content (AvgIpc) is 2.94. The molecule has 116 valence electrons. The first-order valence-corrected chi connectivity index (χ1v) is 9.12. The van der Waals surface area contributed by atoms with Crippen LogP contribution in [0.3, 0.4) is 0 Å². The maximum absolute atomic E-state index is 11.9. The summed E-state index contributed by atoms with van der Waals surface area (Å²) in [4.78, 5) is 13.0. The SMILES string of the molecule is Cc1cc(SCC(=O)NCCC2CCCO2)c(C)cc1Br. The van der Waals surface area contributed by atoms with E-state index in [9.17, 15) is 4.79 Å². The molecular formula is C16H22BrNO2S. The minimum absolute atomic E-state index is 0.0953. The van der Waals surface area contributed by atoms with Crippen molar-refractivity contribution in [3.05, 3.63) is 27.7 Å². The van der Waals surface area contributed by atoms with Crippen molar-refractivity contribution in [2.45, 2.75) is 44.1 Å². The summed E-state index contributed by atoms with van der Waals surface area (Å²) in [6.07, 6.45) is 3.54. The number of thioether (sulfide) groups is 1. The van der Waals surface area contributed by atoms with Gasteiger partial charge in [-0.25, -0.2) is 0 Å². The number of benzene rings is 1. The zero-order chi connectivity index (χ0) is 15.2. The van der Waals surface area contributed by atoms with Gasteiger partial charge in [0.15, 0.2) is 0 Å². The summed E-state index contributed by atoms with van der Waals surface area (Å²) in [5.74, 6) is 0.561. The highest BCUT2D eigenvalue weighted by atomic mass is 79.9. The minimum Gasteiger partial charge on any atom is -0.378 e. The normalized spacial score (nSPS) is 18.0. The smallest absolute Gasteiger partial charge is 0.230 e. The van der Waals surface area contributed by atoms with Crippen LogP contribution in [0.1, 0.15) is 30.4 Å². The molecule has 5 heteroatoms. The second-order valence-electron chi connectivity index (χ2n) is 5.43. The molecule has 1 amide bonds. The van der Waals surface area contributed by atoms with E-state index < -0.39 is 0 Å². The molecule has 1 aliphatic heterocycles. The first kappa shape index (κ1) is 16.8. The number of carbonyl (C=O) groups is 1. The molecule has 21 heavy (non-hydrogen) atoms. The van der Waals surface area contributed by atoms with Crippen LogP contribution in [0, 0.1) is 13.8 Å². The molecule has 1 atom stereocenters. The van der Waals surface area contributed by atoms with Gasteiger partial charge in [-0.05, 0) is 56.4 Å². The molecule has 1 N–H and O–H groups in total. The predicted molar refractivity (Wildman–Crippen MR) is 90.9 cm³/mol. The molecule has 1 heterocycles. The lowest BCUT2D eigenvalue weighted by atomic mass is 10.2. The van der Waals surface area contributed by atoms with Crippen molar-refractivity contribution < 1.29 is 9.53 Å². The second-order valence-corrected chi connectivity index (χ2v) is 7.30. The van der Waals surface area contributed by atoms with Crippen LogP contribution in [0.5, 0.6) is 0 Å². The number of ether oxygens (including phenoxy) is 1. The van der Waals surface area contributed by atoms with Gasteiger partial charge < -0.3 is 10.1 Å². The van der Waals surface area contributed by atoms with Gasteiger partial charge in [0.25, 0.3) is 0 Å². The van der Waals surface area contributed by atoms with Crippen LogP contribution >= 0.6 is 27.7 Å². The molecule has 1 aromatic carbocycles. The van der Waals surface area contributed by atoms with E-state index in [1.807, 2.05) is 0 Å². The maximum atomic E-state index is 11.9. The number of amides is 1. The second kappa shape index (κ2) is 8.20. The molecule has 0 radical (unpaired) electrons. The lowest BCUT2D eigenvalue weighted by molar-refractivity contribution is -0.118. The van der Waals surface area contributed by atoms with Gasteiger partial charge in [0.2, 0.25) is 5.91 Å². The third-order valence-electron chi connectivity index (χ3n) is 3.63. The summed E-state index contributed by atoms with van der Waals surface area (Å²) < 4.78 is 6.66. The van der Waals surface area contributed by atoms with E-state index in [4.69, 9.17) is 4.74 Å². The summed E-state index contributed by atoms with van der Waals surface area (Å²) in [6, 6.07) is 4.23. The van der Waals surface area contributed by atoms with Crippen molar-refractivity contribution in [2.75, 3.05) is 18.9 Å². The van der Waals surface area contributed by atoms with Gasteiger partial charge in [0, 0.05) is 22.5 Å². The highest BCUT2D eigenvalue weighted by molar-refractivity contribution is 9.10. The van der Waals surface area contributed by atoms with Crippen LogP contribution in [0.25, 0.3) is 0 Å². The van der Waals surface area contributed by atoms with Gasteiger partial charge in [0.05, 0.1) is 11.9 Å². The molecular weight excluding hydrogens is 350 g/mol. The molecule has 2 rings (SSSR count). The van der Waals surface area contributed by atoms with Crippen molar-refractivity contribution >= 4 is 33.6 Å². The van der Waals surface area contributed by atoms with Gasteiger partial charge in [-0.3, -0.25) is 4.79 Å². The zero-order valence-corrected chi connectivity index (χ0v) is 15.0. The quantitative estimate of drug-likeness (QED) is 0.771. The number of nitrogens with one attached hydrogen (secondary N) is 1. The van der Waals surface area contributed by atoms with Gasteiger partial charge in [-0.15, -0.1) is 11.8 Å². The maximum Gasteiger partial charge on any atom is 0.230 e. The Hall–Kier alpha value is -0.520. The van der Waals surface area contributed by atoms with E-state index in [-0.39, 0.29) is 5.91 Å². The molecule has 1 saturated heterocycles. The van der Waals surface area contributed by atoms with Crippen molar-refractivity contribution in [1.29, 1.82) is 0 Å². The predicted octanol–water partition coefficient (Wildman–Crippen LogP) is 3.84. The topological polar surface area (TPSA) is 38.3 Å². The summed E-state index contributed by atoms with van der Waals surface area (Å²) in [6.45, 7) is 5.72. The Bertz CT molecular complexity index is 501. The summed E-state index contributed by atoms with van der Waals surface area (Å²) in [5.41, 5.74) is 2.39. The van der Waals surface area contributed by atoms with E-state index >= 15 is 0 Å². The summed E-state index contributed by atoms with van der Waals surface area (Å²) >= 11 is 5.12. The average molecular weight is 372 g/mol. The highest BCUT2D eigenvalue weighted by Crippen LogP contribution is 2.28. The van der Waals surface area contributed by atoms with Crippen molar-refractivity contribution in [3.63, 3.8) is 0 Å². The Labute approximate surface area is 139 Å². The standard InChI is InChI=1S/C16H22BrNO2S/c1-11-9-15(12(2)8-14(11)17)21-10-16(19)18-6-5-13-4-3-7-20-13/h8-9,13H,3-7,10H2,1-2H3,(H,18,19). The molecule has 0 spiro atoms. The Morgan fingerprint density at radius 1 is 1.43 bits per heavy atom. The molecule has 0 aliphatic carbocycles. The first-order valence-electron chi connectivity index (χ1n) is 7.34. The molecule has 1 aromatic rings. The number of aryl methyl sites for hydroxylation is 2. The van der Waals surface area contributed by atoms with Gasteiger partial charge >= 0.3 is 0 Å². The number of hydrogen-bond acceptors (Lipinski definition) is 3. The molecule has 1 unspecified atom stereocenters. The van der Waals surface area contributed by atoms with E-state index in [1.165, 1.54) is 16.0 Å². The monoisotopic (exact) mass is 371 g/mol. The van der Waals surface area contributed by atoms with E-state index in [2.05, 4.69) is 47.2 Å². The first-order chi connectivity index (χ1) is 10.1. The third kappa shape index (κ3) is 5.31. The third-order valence-corrected chi connectivity index (χ3v) is 5.64. The number of hydrogen-bond donors (Lipinski definition) is 1. The molecule has 0 saturated carbocycles. The molecule has 3 nitrogen and oxygen atoms in total. The zero-order valence-electron chi connectivity index (χ0n) is 12.6. The van der Waals surface area contributed by atoms with Crippen LogP contribution < -0.4 is 5.32 Å². The number of carbonyl (C=O) groups excluding carboxylic acids is 1. The lowest BCUT2D eigenvalue weighted by Crippen LogP contribution is -2.28. The van der Waals surface area contributed by atoms with Gasteiger partial charge in [-0.1, -0.05) is 15.9 Å². The van der Waals surface area contributed by atoms with Crippen molar-refractivity contribution in [1.82, 2.24) is 5.32 Å². The van der Waals surface area contributed by atoms with Crippen molar-refractivity contribution in [2.24, 2.45) is 0 Å². The minimum atomic E-state index is 0.0953. The lowest BCUT2D eigenvalue weighted by Gasteiger charge is -2.11. The van der Waals surface area contributed by atoms with E-state index in [0.717, 1.165) is 30.3 Å². The Morgan fingerprint density at radius 2 is 2.24 bits per heavy atom. The van der Waals surface area contributed by atoms with Gasteiger partial charge in [-0.2, -0.15) is 0 Å². The fraction of sp³-hybridized carbons (Fsp3) is 0.562. The summed E-state index contributed by atoms with van der Waals surface area (Å²) in [5, 5.41) is 2.98. The highest BCUT2D eigenvalue weighted by Gasteiger charge is 2.15. The Kier molecular flexibility index (Phi) is 6.58. The number of rotatable bonds is 6. The molecule has 0 aromatic heterocycles. The van der Waals surface area contributed by atoms with E-state index in [1.54, 1.807) is 11.8 Å². The van der Waals surface area contributed by atoms with Crippen LogP contribution in [-0.2, 0) is 9.53 Å². The molecule has 1 fully saturated rings. The largest absolute Gasteiger partial charge is 0.378 e. The van der Waals surface area contributed by atoms with Crippen LogP contribution in [0.4, 0.5) is 0 Å². The Morgan fingerprint density at radius 3 is 2.95 bits per heavy atom. The molecule has 1 aliphatic rings. The fourth-order valence-corrected chi connectivity index (χ4v) is 3.74. The number of halogens is 1. The molecule has 0 bridgehead atoms. The summed E-state index contributed by atoms with van der Waals surface area (Å²) in [7, 11) is 0. The fourth-order valence-electron chi connectivity index (χ4n) is 2.35. The van der Waals surface area contributed by atoms with Crippen molar-refractivity contribution in [3.8, 4) is 0 Å². The van der Waals surface area contributed by atoms with Crippen LogP contribution in [0.2, 0.25) is 0 Å². The Balaban J connectivity index is 1.72. The van der Waals surface area contributed by atoms with E-state index in [0.29, 0.717) is 18.4 Å².